The van der Waals surface area contributed by atoms with Crippen LogP contribution in [-0.4, -0.2) is 54.6 Å². The lowest BCUT2D eigenvalue weighted by Gasteiger charge is -2.18. The van der Waals surface area contributed by atoms with E-state index in [1.165, 1.54) is 0 Å². The van der Waals surface area contributed by atoms with Crippen LogP contribution >= 0.6 is 0 Å². The fraction of sp³-hybridized carbons (Fsp3) is 1.00. The van der Waals surface area contributed by atoms with E-state index < -0.39 is 0 Å². The molecular weight excluding hydrogens is 148 g/mol. The van der Waals surface area contributed by atoms with Crippen molar-refractivity contribution in [2.75, 3.05) is 39.5 Å². The SMILES string of the molecule is NOCCN(CCO)CCO. The van der Waals surface area contributed by atoms with Crippen LogP contribution in [0, 0.1) is 0 Å². The fourth-order valence-electron chi connectivity index (χ4n) is 0.800. The van der Waals surface area contributed by atoms with Crippen molar-refractivity contribution in [1.29, 1.82) is 0 Å². The zero-order valence-corrected chi connectivity index (χ0v) is 6.57. The standard InChI is InChI=1S/C6H16N2O3/c7-11-6-3-8(1-4-9)2-5-10/h9-10H,1-7H2. The first kappa shape index (κ1) is 10.8. The molecule has 11 heavy (non-hydrogen) atoms. The average Bonchev–Trinajstić information content (AvgIpc) is 2.01. The lowest BCUT2D eigenvalue weighted by Crippen LogP contribution is -2.33. The van der Waals surface area contributed by atoms with Crippen LogP contribution in [0.25, 0.3) is 0 Å². The number of hydrogen-bond donors (Lipinski definition) is 3. The number of nitrogens with two attached hydrogens (primary N) is 1. The molecular formula is C6H16N2O3. The van der Waals surface area contributed by atoms with E-state index in [9.17, 15) is 0 Å². The van der Waals surface area contributed by atoms with Gasteiger partial charge in [0.2, 0.25) is 0 Å². The third-order valence-electron chi connectivity index (χ3n) is 1.36. The molecule has 0 aromatic carbocycles. The van der Waals surface area contributed by atoms with Crippen LogP contribution in [-0.2, 0) is 4.84 Å². The van der Waals surface area contributed by atoms with Gasteiger partial charge in [0.25, 0.3) is 0 Å². The molecule has 0 saturated heterocycles. The minimum atomic E-state index is 0.0879. The zero-order valence-electron chi connectivity index (χ0n) is 6.57. The van der Waals surface area contributed by atoms with Gasteiger partial charge < -0.3 is 15.1 Å². The molecule has 4 N–H and O–H groups in total. The van der Waals surface area contributed by atoms with Crippen molar-refractivity contribution in [2.45, 2.75) is 0 Å². The Morgan fingerprint density at radius 2 is 1.64 bits per heavy atom. The van der Waals surface area contributed by atoms with Crippen LogP contribution in [0.3, 0.4) is 0 Å². The summed E-state index contributed by atoms with van der Waals surface area (Å²) in [6, 6.07) is 0. The van der Waals surface area contributed by atoms with Crippen LogP contribution in [0.4, 0.5) is 0 Å². The summed E-state index contributed by atoms with van der Waals surface area (Å²) in [7, 11) is 0. The number of rotatable bonds is 7. The van der Waals surface area contributed by atoms with Gasteiger partial charge in [0.1, 0.15) is 0 Å². The van der Waals surface area contributed by atoms with Crippen LogP contribution in [0.15, 0.2) is 0 Å². The molecule has 0 amide bonds. The zero-order chi connectivity index (χ0) is 8.53. The first-order valence-corrected chi connectivity index (χ1v) is 3.61. The highest BCUT2D eigenvalue weighted by molar-refractivity contribution is 4.54. The fourth-order valence-corrected chi connectivity index (χ4v) is 0.800. The predicted octanol–water partition coefficient (Wildman–Crippen LogP) is -1.84. The summed E-state index contributed by atoms with van der Waals surface area (Å²) in [5, 5.41) is 17.1. The van der Waals surface area contributed by atoms with Gasteiger partial charge in [-0.05, 0) is 0 Å². The first-order chi connectivity index (χ1) is 5.35. The van der Waals surface area contributed by atoms with Crippen molar-refractivity contribution in [2.24, 2.45) is 5.90 Å². The topological polar surface area (TPSA) is 79.0 Å². The predicted molar refractivity (Wildman–Crippen MR) is 40.8 cm³/mol. The van der Waals surface area contributed by atoms with Crippen LogP contribution in [0.2, 0.25) is 0 Å². The lowest BCUT2D eigenvalue weighted by molar-refractivity contribution is 0.0879. The van der Waals surface area contributed by atoms with E-state index in [2.05, 4.69) is 4.84 Å². The van der Waals surface area contributed by atoms with Crippen molar-refractivity contribution in [3.05, 3.63) is 0 Å². The Hall–Kier alpha value is -0.200. The van der Waals surface area contributed by atoms with Crippen molar-refractivity contribution in [3.8, 4) is 0 Å². The highest BCUT2D eigenvalue weighted by atomic mass is 16.6. The van der Waals surface area contributed by atoms with Gasteiger partial charge in [-0.2, -0.15) is 0 Å². The minimum absolute atomic E-state index is 0.0879. The molecule has 0 spiro atoms. The summed E-state index contributed by atoms with van der Waals surface area (Å²) in [5.74, 6) is 4.82. The Morgan fingerprint density at radius 1 is 1.09 bits per heavy atom. The second-order valence-corrected chi connectivity index (χ2v) is 2.16. The van der Waals surface area contributed by atoms with Crippen LogP contribution < -0.4 is 5.90 Å². The molecule has 5 heteroatoms. The summed E-state index contributed by atoms with van der Waals surface area (Å²) in [5.41, 5.74) is 0. The molecule has 0 saturated carbocycles. The molecule has 0 aliphatic carbocycles. The maximum atomic E-state index is 8.57. The van der Waals surface area contributed by atoms with Gasteiger partial charge in [-0.15, -0.1) is 0 Å². The second-order valence-electron chi connectivity index (χ2n) is 2.16. The van der Waals surface area contributed by atoms with Gasteiger partial charge in [-0.3, -0.25) is 4.90 Å². The van der Waals surface area contributed by atoms with E-state index in [1.54, 1.807) is 0 Å². The molecule has 0 bridgehead atoms. The van der Waals surface area contributed by atoms with Gasteiger partial charge in [0.05, 0.1) is 19.8 Å². The Kier molecular flexibility index (Phi) is 7.76. The summed E-state index contributed by atoms with van der Waals surface area (Å²) >= 11 is 0. The van der Waals surface area contributed by atoms with Crippen molar-refractivity contribution in [3.63, 3.8) is 0 Å². The number of hydrogen-bond acceptors (Lipinski definition) is 5. The number of nitrogens with zero attached hydrogens (tertiary/aromatic N) is 1. The third kappa shape index (κ3) is 6.21. The van der Waals surface area contributed by atoms with Gasteiger partial charge >= 0.3 is 0 Å². The van der Waals surface area contributed by atoms with Crippen LogP contribution in [0.5, 0.6) is 0 Å². The van der Waals surface area contributed by atoms with E-state index >= 15 is 0 Å². The van der Waals surface area contributed by atoms with Gasteiger partial charge in [0.15, 0.2) is 0 Å². The van der Waals surface area contributed by atoms with Crippen molar-refractivity contribution >= 4 is 0 Å². The second kappa shape index (κ2) is 7.90. The van der Waals surface area contributed by atoms with Crippen LogP contribution in [0.1, 0.15) is 0 Å². The van der Waals surface area contributed by atoms with E-state index in [0.29, 0.717) is 26.2 Å². The molecule has 0 fully saturated rings. The number of aliphatic hydroxyl groups excluding tert-OH is 2. The molecule has 0 unspecified atom stereocenters. The smallest absolute Gasteiger partial charge is 0.0806 e. The maximum Gasteiger partial charge on any atom is 0.0806 e. The monoisotopic (exact) mass is 164 g/mol. The quantitative estimate of drug-likeness (QED) is 0.385. The molecule has 68 valence electrons. The summed E-state index contributed by atoms with van der Waals surface area (Å²) in [6.45, 7) is 2.32. The summed E-state index contributed by atoms with van der Waals surface area (Å²) in [6.07, 6.45) is 0. The molecule has 0 heterocycles. The van der Waals surface area contributed by atoms with Crippen molar-refractivity contribution < 1.29 is 15.1 Å². The third-order valence-corrected chi connectivity index (χ3v) is 1.36. The minimum Gasteiger partial charge on any atom is -0.395 e. The highest BCUT2D eigenvalue weighted by Crippen LogP contribution is 1.85. The lowest BCUT2D eigenvalue weighted by atomic mass is 10.4. The van der Waals surface area contributed by atoms with E-state index in [1.807, 2.05) is 4.90 Å². The van der Waals surface area contributed by atoms with Crippen molar-refractivity contribution in [1.82, 2.24) is 4.90 Å². The largest absolute Gasteiger partial charge is 0.395 e. The Morgan fingerprint density at radius 3 is 2.00 bits per heavy atom. The van der Waals surface area contributed by atoms with E-state index in [0.717, 1.165) is 0 Å². The molecule has 0 aliphatic rings. The summed E-state index contributed by atoms with van der Waals surface area (Å²) in [4.78, 5) is 6.23. The average molecular weight is 164 g/mol. The highest BCUT2D eigenvalue weighted by Gasteiger charge is 2.01. The van der Waals surface area contributed by atoms with Gasteiger partial charge in [0, 0.05) is 19.6 Å². The molecule has 0 radical (unpaired) electrons. The first-order valence-electron chi connectivity index (χ1n) is 3.61. The van der Waals surface area contributed by atoms with Gasteiger partial charge in [-0.1, -0.05) is 0 Å². The Bertz CT molecular complexity index is 76.2. The maximum absolute atomic E-state index is 8.57. The molecule has 0 aromatic rings. The molecule has 5 nitrogen and oxygen atoms in total. The number of aliphatic hydroxyl groups is 2. The van der Waals surface area contributed by atoms with Gasteiger partial charge in [-0.25, -0.2) is 5.90 Å². The molecule has 0 aliphatic heterocycles. The van der Waals surface area contributed by atoms with E-state index in [-0.39, 0.29) is 13.2 Å². The molecule has 0 atom stereocenters. The Labute approximate surface area is 66.3 Å². The van der Waals surface area contributed by atoms with E-state index in [4.69, 9.17) is 16.1 Å². The molecule has 0 aromatic heterocycles. The Balaban J connectivity index is 3.34. The summed E-state index contributed by atoms with van der Waals surface area (Å²) < 4.78 is 0. The normalized spacial score (nSPS) is 10.9. The molecule has 0 rings (SSSR count).